The van der Waals surface area contributed by atoms with Crippen molar-refractivity contribution in [1.82, 2.24) is 4.98 Å². The predicted molar refractivity (Wildman–Crippen MR) is 89.2 cm³/mol. The number of nitrogens with zero attached hydrogens (tertiary/aromatic N) is 1. The first-order valence-corrected chi connectivity index (χ1v) is 8.32. The predicted octanol–water partition coefficient (Wildman–Crippen LogP) is 4.78. The zero-order chi connectivity index (χ0) is 13.9. The van der Waals surface area contributed by atoms with Crippen molar-refractivity contribution in [2.45, 2.75) is 4.90 Å². The molecule has 0 aliphatic rings. The van der Waals surface area contributed by atoms with Crippen LogP contribution in [-0.2, 0) is 0 Å². The molecule has 3 aromatic rings. The molecule has 3 rings (SSSR count). The Balaban J connectivity index is 1.91. The van der Waals surface area contributed by atoms with Gasteiger partial charge in [-0.15, -0.1) is 23.1 Å². The molecule has 0 amide bonds. The van der Waals surface area contributed by atoms with Crippen LogP contribution in [0.1, 0.15) is 0 Å². The lowest BCUT2D eigenvalue weighted by Gasteiger charge is -1.99. The van der Waals surface area contributed by atoms with E-state index in [0.29, 0.717) is 0 Å². The van der Waals surface area contributed by atoms with Gasteiger partial charge in [0.25, 0.3) is 0 Å². The molecule has 0 fully saturated rings. The number of nitrogens with two attached hydrogens (primary N) is 1. The average molecular weight is 298 g/mol. The van der Waals surface area contributed by atoms with E-state index in [0.717, 1.165) is 27.5 Å². The Morgan fingerprint density at radius 2 is 1.60 bits per heavy atom. The van der Waals surface area contributed by atoms with Gasteiger partial charge in [0.15, 0.2) is 0 Å². The maximum absolute atomic E-state index is 5.71. The molecule has 1 heterocycles. The Hall–Kier alpha value is -1.78. The lowest BCUT2D eigenvalue weighted by atomic mass is 10.1. The fourth-order valence-electron chi connectivity index (χ4n) is 1.93. The quantitative estimate of drug-likeness (QED) is 0.558. The van der Waals surface area contributed by atoms with E-state index in [-0.39, 0.29) is 0 Å². The van der Waals surface area contributed by atoms with Gasteiger partial charge >= 0.3 is 0 Å². The Morgan fingerprint density at radius 3 is 2.25 bits per heavy atom. The minimum absolute atomic E-state index is 0.775. The molecular formula is C16H14N2S2. The van der Waals surface area contributed by atoms with Gasteiger partial charge in [-0.05, 0) is 30.5 Å². The molecule has 1 aromatic heterocycles. The molecule has 2 N–H and O–H groups in total. The number of rotatable bonds is 3. The molecular weight excluding hydrogens is 284 g/mol. The van der Waals surface area contributed by atoms with Gasteiger partial charge in [0, 0.05) is 27.1 Å². The zero-order valence-electron chi connectivity index (χ0n) is 11.0. The third-order valence-corrected chi connectivity index (χ3v) is 4.68. The molecule has 0 atom stereocenters. The molecule has 0 aliphatic carbocycles. The highest BCUT2D eigenvalue weighted by molar-refractivity contribution is 7.98. The lowest BCUT2D eigenvalue weighted by Crippen LogP contribution is -1.84. The lowest BCUT2D eigenvalue weighted by molar-refractivity contribution is 1.38. The number of aromatic nitrogens is 1. The van der Waals surface area contributed by atoms with Gasteiger partial charge in [0.2, 0.25) is 0 Å². The minimum atomic E-state index is 0.775. The van der Waals surface area contributed by atoms with Crippen molar-refractivity contribution in [2.24, 2.45) is 0 Å². The van der Waals surface area contributed by atoms with E-state index in [1.54, 1.807) is 23.1 Å². The smallest absolute Gasteiger partial charge is 0.124 e. The summed E-state index contributed by atoms with van der Waals surface area (Å²) in [5, 5.41) is 3.13. The van der Waals surface area contributed by atoms with Crippen LogP contribution in [0.25, 0.3) is 21.8 Å². The number of hydrogen-bond donors (Lipinski definition) is 1. The van der Waals surface area contributed by atoms with Gasteiger partial charge in [0.05, 0.1) is 5.69 Å². The standard InChI is InChI=1S/C16H14N2S2/c1-19-14-8-4-12(5-9-14)16-18-15(10-20-16)11-2-6-13(17)7-3-11/h2-10H,17H2,1H3. The molecule has 0 aliphatic heterocycles. The normalized spacial score (nSPS) is 10.7. The second-order valence-electron chi connectivity index (χ2n) is 4.39. The van der Waals surface area contributed by atoms with Crippen molar-refractivity contribution in [3.63, 3.8) is 0 Å². The van der Waals surface area contributed by atoms with Crippen LogP contribution >= 0.6 is 23.1 Å². The van der Waals surface area contributed by atoms with Gasteiger partial charge in [-0.2, -0.15) is 0 Å². The summed E-state index contributed by atoms with van der Waals surface area (Å²) in [4.78, 5) is 5.97. The summed E-state index contributed by atoms with van der Waals surface area (Å²) in [5.74, 6) is 0. The van der Waals surface area contributed by atoms with Crippen molar-refractivity contribution in [1.29, 1.82) is 0 Å². The van der Waals surface area contributed by atoms with E-state index >= 15 is 0 Å². The summed E-state index contributed by atoms with van der Waals surface area (Å²) >= 11 is 3.41. The second-order valence-corrected chi connectivity index (χ2v) is 6.13. The largest absolute Gasteiger partial charge is 0.399 e. The molecule has 4 heteroatoms. The highest BCUT2D eigenvalue weighted by atomic mass is 32.2. The number of thioether (sulfide) groups is 1. The SMILES string of the molecule is CSc1ccc(-c2nc(-c3ccc(N)cc3)cs2)cc1. The summed E-state index contributed by atoms with van der Waals surface area (Å²) in [6.45, 7) is 0. The van der Waals surface area contributed by atoms with Crippen LogP contribution in [0.15, 0.2) is 58.8 Å². The van der Waals surface area contributed by atoms with Gasteiger partial charge < -0.3 is 5.73 Å². The molecule has 2 nitrogen and oxygen atoms in total. The monoisotopic (exact) mass is 298 g/mol. The van der Waals surface area contributed by atoms with Gasteiger partial charge in [-0.1, -0.05) is 24.3 Å². The second kappa shape index (κ2) is 5.69. The fourth-order valence-corrected chi connectivity index (χ4v) is 3.17. The first kappa shape index (κ1) is 13.2. The molecule has 2 aromatic carbocycles. The first-order chi connectivity index (χ1) is 9.76. The molecule has 0 radical (unpaired) electrons. The molecule has 20 heavy (non-hydrogen) atoms. The van der Waals surface area contributed by atoms with Crippen molar-refractivity contribution in [3.8, 4) is 21.8 Å². The summed E-state index contributed by atoms with van der Waals surface area (Å²) in [5.41, 5.74) is 9.74. The number of anilines is 1. The third-order valence-electron chi connectivity index (χ3n) is 3.05. The van der Waals surface area contributed by atoms with E-state index in [1.807, 2.05) is 24.3 Å². The minimum Gasteiger partial charge on any atom is -0.399 e. The van der Waals surface area contributed by atoms with Crippen LogP contribution < -0.4 is 5.73 Å². The van der Waals surface area contributed by atoms with E-state index in [1.165, 1.54) is 4.90 Å². The van der Waals surface area contributed by atoms with Crippen molar-refractivity contribution in [3.05, 3.63) is 53.9 Å². The van der Waals surface area contributed by atoms with Crippen molar-refractivity contribution >= 4 is 28.8 Å². The number of nitrogen functional groups attached to an aromatic ring is 1. The zero-order valence-corrected chi connectivity index (χ0v) is 12.7. The van der Waals surface area contributed by atoms with Crippen LogP contribution in [-0.4, -0.2) is 11.2 Å². The van der Waals surface area contributed by atoms with E-state index in [4.69, 9.17) is 10.7 Å². The molecule has 0 saturated heterocycles. The maximum Gasteiger partial charge on any atom is 0.124 e. The van der Waals surface area contributed by atoms with E-state index in [9.17, 15) is 0 Å². The average Bonchev–Trinajstić information content (AvgIpc) is 2.98. The van der Waals surface area contributed by atoms with Crippen LogP contribution in [0.4, 0.5) is 5.69 Å². The van der Waals surface area contributed by atoms with Crippen molar-refractivity contribution < 1.29 is 0 Å². The van der Waals surface area contributed by atoms with Gasteiger partial charge in [-0.3, -0.25) is 0 Å². The maximum atomic E-state index is 5.71. The highest BCUT2D eigenvalue weighted by Crippen LogP contribution is 2.30. The number of thiazole rings is 1. The van der Waals surface area contributed by atoms with E-state index < -0.39 is 0 Å². The summed E-state index contributed by atoms with van der Waals surface area (Å²) in [6.07, 6.45) is 2.08. The van der Waals surface area contributed by atoms with Gasteiger partial charge in [0.1, 0.15) is 5.01 Å². The van der Waals surface area contributed by atoms with Crippen LogP contribution in [0.2, 0.25) is 0 Å². The molecule has 100 valence electrons. The van der Waals surface area contributed by atoms with E-state index in [2.05, 4.69) is 35.9 Å². The van der Waals surface area contributed by atoms with Crippen LogP contribution in [0.3, 0.4) is 0 Å². The number of hydrogen-bond acceptors (Lipinski definition) is 4. The third kappa shape index (κ3) is 2.71. The van der Waals surface area contributed by atoms with Gasteiger partial charge in [-0.25, -0.2) is 4.98 Å². The molecule has 0 bridgehead atoms. The molecule has 0 spiro atoms. The topological polar surface area (TPSA) is 38.9 Å². The summed E-state index contributed by atoms with van der Waals surface area (Å²) < 4.78 is 0. The highest BCUT2D eigenvalue weighted by Gasteiger charge is 2.06. The molecule has 0 saturated carbocycles. The van der Waals surface area contributed by atoms with Crippen LogP contribution in [0.5, 0.6) is 0 Å². The number of benzene rings is 2. The van der Waals surface area contributed by atoms with Crippen molar-refractivity contribution in [2.75, 3.05) is 12.0 Å². The Kier molecular flexibility index (Phi) is 3.76. The van der Waals surface area contributed by atoms with Crippen LogP contribution in [0, 0.1) is 0 Å². The Labute approximate surface area is 126 Å². The Morgan fingerprint density at radius 1 is 0.950 bits per heavy atom. The summed E-state index contributed by atoms with van der Waals surface area (Å²) in [7, 11) is 0. The summed E-state index contributed by atoms with van der Waals surface area (Å²) in [6, 6.07) is 16.3. The fraction of sp³-hybridized carbons (Fsp3) is 0.0625. The molecule has 0 unspecified atom stereocenters. The Bertz CT molecular complexity index is 700. The first-order valence-electron chi connectivity index (χ1n) is 6.22.